The third-order valence-corrected chi connectivity index (χ3v) is 4.47. The van der Waals surface area contributed by atoms with Crippen LogP contribution in [0.2, 0.25) is 5.02 Å². The van der Waals surface area contributed by atoms with Crippen molar-refractivity contribution >= 4 is 44.2 Å². The summed E-state index contributed by atoms with van der Waals surface area (Å²) in [5.74, 6) is 0. The van der Waals surface area contributed by atoms with Gasteiger partial charge in [0.05, 0.1) is 4.90 Å². The Hall–Kier alpha value is 0.150. The predicted molar refractivity (Wildman–Crippen MR) is 74.8 cm³/mol. The summed E-state index contributed by atoms with van der Waals surface area (Å²) in [5, 5.41) is 0.531. The fraction of sp³-hybridized carbons (Fsp3) is 0.400. The number of alkyl halides is 1. The van der Waals surface area contributed by atoms with Gasteiger partial charge in [-0.25, -0.2) is 13.1 Å². The van der Waals surface area contributed by atoms with Gasteiger partial charge in [-0.1, -0.05) is 34.2 Å². The van der Waals surface area contributed by atoms with Crippen molar-refractivity contribution in [1.82, 2.24) is 4.72 Å². The van der Waals surface area contributed by atoms with Crippen LogP contribution in [0.3, 0.4) is 0 Å². The molecule has 0 aliphatic rings. The smallest absolute Gasteiger partial charge is 0.211 e. The molecule has 16 heavy (non-hydrogen) atoms. The number of hydrogen-bond donors (Lipinski definition) is 1. The number of nitrogens with one attached hydrogen (secondary N) is 1. The number of halogens is 2. The molecule has 0 aromatic heterocycles. The summed E-state index contributed by atoms with van der Waals surface area (Å²) >= 11 is 7.96. The van der Waals surface area contributed by atoms with E-state index in [1.807, 2.05) is 0 Å². The van der Waals surface area contributed by atoms with Gasteiger partial charge in [-0.2, -0.15) is 0 Å². The lowest BCUT2D eigenvalue weighted by Gasteiger charge is -2.06. The van der Waals surface area contributed by atoms with E-state index in [9.17, 15) is 8.42 Å². The van der Waals surface area contributed by atoms with Crippen molar-refractivity contribution in [2.24, 2.45) is 0 Å². The lowest BCUT2D eigenvalue weighted by atomic mass is 10.3. The van der Waals surface area contributed by atoms with Crippen molar-refractivity contribution < 1.29 is 8.42 Å². The van der Waals surface area contributed by atoms with Crippen LogP contribution < -0.4 is 4.72 Å². The lowest BCUT2D eigenvalue weighted by Crippen LogP contribution is -2.24. The molecular formula is C10H13ClINO2S. The van der Waals surface area contributed by atoms with Gasteiger partial charge >= 0.3 is 0 Å². The average Bonchev–Trinajstić information content (AvgIpc) is 2.25. The molecule has 1 aromatic carbocycles. The molecule has 0 spiro atoms. The maximum absolute atomic E-state index is 11.8. The van der Waals surface area contributed by atoms with Crippen LogP contribution in [0.25, 0.3) is 0 Å². The summed E-state index contributed by atoms with van der Waals surface area (Å²) in [6.45, 7) is 0.480. The van der Waals surface area contributed by atoms with E-state index in [1.54, 1.807) is 12.1 Å². The summed E-state index contributed by atoms with van der Waals surface area (Å²) < 4.78 is 27.1. The largest absolute Gasteiger partial charge is 0.240 e. The number of sulfonamides is 1. The van der Waals surface area contributed by atoms with Crippen molar-refractivity contribution in [1.29, 1.82) is 0 Å². The van der Waals surface area contributed by atoms with Crippen molar-refractivity contribution in [3.05, 3.63) is 29.3 Å². The zero-order valence-electron chi connectivity index (χ0n) is 8.62. The third kappa shape index (κ3) is 4.57. The molecule has 0 saturated carbocycles. The molecule has 1 aromatic rings. The molecule has 0 aliphatic carbocycles. The molecule has 1 N–H and O–H groups in total. The Bertz CT molecular complexity index is 419. The molecule has 0 saturated heterocycles. The Labute approximate surface area is 115 Å². The van der Waals surface area contributed by atoms with E-state index in [0.717, 1.165) is 17.3 Å². The molecule has 90 valence electrons. The Kier molecular flexibility index (Phi) is 6.02. The summed E-state index contributed by atoms with van der Waals surface area (Å²) in [5.41, 5.74) is 0. The van der Waals surface area contributed by atoms with Crippen LogP contribution in [-0.4, -0.2) is 19.4 Å². The Morgan fingerprint density at radius 1 is 1.19 bits per heavy atom. The highest BCUT2D eigenvalue weighted by atomic mass is 127. The van der Waals surface area contributed by atoms with Gasteiger partial charge in [0.2, 0.25) is 10.0 Å². The molecule has 0 heterocycles. The predicted octanol–water partition coefficient (Wildman–Crippen LogP) is 2.83. The Balaban J connectivity index is 2.60. The maximum atomic E-state index is 11.8. The zero-order valence-corrected chi connectivity index (χ0v) is 12.3. The summed E-state index contributed by atoms with van der Waals surface area (Å²) in [6, 6.07) is 6.15. The minimum Gasteiger partial charge on any atom is -0.211 e. The second-order valence-corrected chi connectivity index (χ2v) is 6.53. The molecule has 3 nitrogen and oxygen atoms in total. The third-order valence-electron chi connectivity index (χ3n) is 1.98. The second-order valence-electron chi connectivity index (χ2n) is 3.25. The van der Waals surface area contributed by atoms with Crippen molar-refractivity contribution in [2.75, 3.05) is 11.0 Å². The lowest BCUT2D eigenvalue weighted by molar-refractivity contribution is 0.578. The maximum Gasteiger partial charge on any atom is 0.240 e. The van der Waals surface area contributed by atoms with E-state index in [-0.39, 0.29) is 4.90 Å². The van der Waals surface area contributed by atoms with Gasteiger partial charge in [-0.05, 0) is 41.5 Å². The summed E-state index contributed by atoms with van der Waals surface area (Å²) in [6.07, 6.45) is 1.87. The van der Waals surface area contributed by atoms with Crippen LogP contribution >= 0.6 is 34.2 Å². The van der Waals surface area contributed by atoms with Crippen LogP contribution in [0.5, 0.6) is 0 Å². The number of hydrogen-bond acceptors (Lipinski definition) is 2. The molecular weight excluding hydrogens is 361 g/mol. The van der Waals surface area contributed by atoms with Crippen molar-refractivity contribution in [2.45, 2.75) is 17.7 Å². The highest BCUT2D eigenvalue weighted by Gasteiger charge is 2.12. The second kappa shape index (κ2) is 6.78. The van der Waals surface area contributed by atoms with Crippen molar-refractivity contribution in [3.8, 4) is 0 Å². The molecule has 0 radical (unpaired) electrons. The Morgan fingerprint density at radius 2 is 1.81 bits per heavy atom. The highest BCUT2D eigenvalue weighted by Crippen LogP contribution is 2.13. The standard InChI is InChI=1S/C10H13ClINO2S/c11-9-3-5-10(6-4-9)16(14,15)13-8-2-1-7-12/h3-6,13H,1-2,7-8H2. The normalized spacial score (nSPS) is 11.6. The van der Waals surface area contributed by atoms with Gasteiger partial charge in [-0.3, -0.25) is 0 Å². The van der Waals surface area contributed by atoms with Crippen LogP contribution in [0.4, 0.5) is 0 Å². The average molecular weight is 374 g/mol. The number of benzene rings is 1. The van der Waals surface area contributed by atoms with Gasteiger partial charge < -0.3 is 0 Å². The molecule has 0 bridgehead atoms. The van der Waals surface area contributed by atoms with Crippen LogP contribution in [-0.2, 0) is 10.0 Å². The van der Waals surface area contributed by atoms with E-state index >= 15 is 0 Å². The monoisotopic (exact) mass is 373 g/mol. The van der Waals surface area contributed by atoms with Gasteiger partial charge in [0.1, 0.15) is 0 Å². The first-order valence-electron chi connectivity index (χ1n) is 4.87. The SMILES string of the molecule is O=S(=O)(NCCCCI)c1ccc(Cl)cc1. The van der Waals surface area contributed by atoms with Crippen LogP contribution in [0.1, 0.15) is 12.8 Å². The van der Waals surface area contributed by atoms with Crippen molar-refractivity contribution in [3.63, 3.8) is 0 Å². The van der Waals surface area contributed by atoms with E-state index in [1.165, 1.54) is 12.1 Å². The molecule has 0 atom stereocenters. The fourth-order valence-corrected chi connectivity index (χ4v) is 2.86. The zero-order chi connectivity index (χ0) is 12.0. The minimum atomic E-state index is -3.37. The summed E-state index contributed by atoms with van der Waals surface area (Å²) in [4.78, 5) is 0.256. The molecule has 1 rings (SSSR count). The molecule has 6 heteroatoms. The van der Waals surface area contributed by atoms with Gasteiger partial charge in [0.25, 0.3) is 0 Å². The van der Waals surface area contributed by atoms with Gasteiger partial charge in [0, 0.05) is 11.6 Å². The minimum absolute atomic E-state index is 0.256. The first kappa shape index (κ1) is 14.2. The van der Waals surface area contributed by atoms with E-state index in [2.05, 4.69) is 27.3 Å². The van der Waals surface area contributed by atoms with Gasteiger partial charge in [0.15, 0.2) is 0 Å². The molecule has 0 unspecified atom stereocenters. The van der Waals surface area contributed by atoms with Crippen LogP contribution in [0, 0.1) is 0 Å². The van der Waals surface area contributed by atoms with Crippen LogP contribution in [0.15, 0.2) is 29.2 Å². The molecule has 0 aliphatic heterocycles. The summed E-state index contributed by atoms with van der Waals surface area (Å²) in [7, 11) is -3.37. The first-order chi connectivity index (χ1) is 7.56. The first-order valence-corrected chi connectivity index (χ1v) is 8.26. The quantitative estimate of drug-likeness (QED) is 0.473. The van der Waals surface area contributed by atoms with E-state index < -0.39 is 10.0 Å². The van der Waals surface area contributed by atoms with Gasteiger partial charge in [-0.15, -0.1) is 0 Å². The van der Waals surface area contributed by atoms with E-state index in [0.29, 0.717) is 11.6 Å². The number of rotatable bonds is 6. The topological polar surface area (TPSA) is 46.2 Å². The van der Waals surface area contributed by atoms with E-state index in [4.69, 9.17) is 11.6 Å². The number of unbranched alkanes of at least 4 members (excludes halogenated alkanes) is 1. The fourth-order valence-electron chi connectivity index (χ4n) is 1.12. The Morgan fingerprint density at radius 3 is 2.38 bits per heavy atom. The molecule has 0 fully saturated rings. The highest BCUT2D eigenvalue weighted by molar-refractivity contribution is 14.1. The molecule has 0 amide bonds.